The van der Waals surface area contributed by atoms with Gasteiger partial charge < -0.3 is 10.0 Å². The summed E-state index contributed by atoms with van der Waals surface area (Å²) in [6.07, 6.45) is 2.66. The molecule has 0 saturated carbocycles. The first-order valence-corrected chi connectivity index (χ1v) is 7.77. The van der Waals surface area contributed by atoms with Crippen LogP contribution in [0.5, 0.6) is 0 Å². The fourth-order valence-electron chi connectivity index (χ4n) is 3.07. The molecule has 0 bridgehead atoms. The zero-order valence-corrected chi connectivity index (χ0v) is 14.3. The lowest BCUT2D eigenvalue weighted by Gasteiger charge is -2.42. The predicted octanol–water partition coefficient (Wildman–Crippen LogP) is 2.66. The number of aromatic nitrogens is 2. The van der Waals surface area contributed by atoms with E-state index in [0.29, 0.717) is 11.4 Å². The Morgan fingerprint density at radius 1 is 1.30 bits per heavy atom. The van der Waals surface area contributed by atoms with Crippen LogP contribution < -0.4 is 0 Å². The van der Waals surface area contributed by atoms with Crippen LogP contribution in [0.2, 0.25) is 5.02 Å². The molecule has 1 N–H and O–H groups in total. The fraction of sp³-hybridized carbons (Fsp3) is 0.800. The van der Waals surface area contributed by atoms with Gasteiger partial charge in [-0.3, -0.25) is 4.68 Å². The Balaban J connectivity index is 3.05. The third-order valence-electron chi connectivity index (χ3n) is 4.63. The molecule has 1 atom stereocenters. The summed E-state index contributed by atoms with van der Waals surface area (Å²) >= 11 is 6.38. The number of hydrogen-bond acceptors (Lipinski definition) is 3. The predicted molar refractivity (Wildman–Crippen MR) is 84.3 cm³/mol. The van der Waals surface area contributed by atoms with Crippen LogP contribution in [0.1, 0.15) is 45.0 Å². The van der Waals surface area contributed by atoms with Gasteiger partial charge in [-0.05, 0) is 33.4 Å². The lowest BCUT2D eigenvalue weighted by molar-refractivity contribution is -0.0134. The van der Waals surface area contributed by atoms with Crippen LogP contribution in [0.4, 0.5) is 0 Å². The molecule has 0 aromatic carbocycles. The van der Waals surface area contributed by atoms with Crippen molar-refractivity contribution >= 4 is 11.6 Å². The zero-order valence-electron chi connectivity index (χ0n) is 13.6. The maximum absolute atomic E-state index is 10.8. The normalized spacial score (nSPS) is 14.1. The SMILES string of the molecule is CCc1nn(C)c(CC(O)C(CC)(CC)N(C)C)c1Cl. The van der Waals surface area contributed by atoms with Crippen LogP contribution in [0.3, 0.4) is 0 Å². The van der Waals surface area contributed by atoms with Gasteiger partial charge in [-0.1, -0.05) is 32.4 Å². The van der Waals surface area contributed by atoms with Crippen LogP contribution in [-0.2, 0) is 19.9 Å². The van der Waals surface area contributed by atoms with Crippen molar-refractivity contribution in [2.75, 3.05) is 14.1 Å². The fourth-order valence-corrected chi connectivity index (χ4v) is 3.44. The van der Waals surface area contributed by atoms with Crippen molar-refractivity contribution in [3.8, 4) is 0 Å². The standard InChI is InChI=1S/C15H28ClN3O/c1-7-11-14(16)12(19(6)17-11)10-13(20)15(8-2,9-3)18(4)5/h13,20H,7-10H2,1-6H3. The highest BCUT2D eigenvalue weighted by molar-refractivity contribution is 6.31. The second-order valence-corrected chi connectivity index (χ2v) is 5.99. The molecule has 1 aromatic rings. The first-order chi connectivity index (χ1) is 9.33. The van der Waals surface area contributed by atoms with Crippen molar-refractivity contribution < 1.29 is 5.11 Å². The summed E-state index contributed by atoms with van der Waals surface area (Å²) in [6, 6.07) is 0. The minimum Gasteiger partial charge on any atom is -0.391 e. The van der Waals surface area contributed by atoms with Crippen LogP contribution >= 0.6 is 11.6 Å². The number of likely N-dealkylation sites (N-methyl/N-ethyl adjacent to an activating group) is 1. The van der Waals surface area contributed by atoms with E-state index in [1.54, 1.807) is 4.68 Å². The molecule has 1 aromatic heterocycles. The van der Waals surface area contributed by atoms with E-state index in [2.05, 4.69) is 23.8 Å². The summed E-state index contributed by atoms with van der Waals surface area (Å²) in [6.45, 7) is 6.28. The lowest BCUT2D eigenvalue weighted by atomic mass is 9.83. The summed E-state index contributed by atoms with van der Waals surface area (Å²) in [5.74, 6) is 0. The molecule has 0 radical (unpaired) electrons. The number of nitrogens with zero attached hydrogens (tertiary/aromatic N) is 3. The largest absolute Gasteiger partial charge is 0.391 e. The van der Waals surface area contributed by atoms with Crippen molar-refractivity contribution in [2.45, 2.75) is 58.1 Å². The topological polar surface area (TPSA) is 41.3 Å². The Bertz CT molecular complexity index is 439. The molecule has 20 heavy (non-hydrogen) atoms. The molecular weight excluding hydrogens is 274 g/mol. The Kier molecular flexibility index (Phi) is 6.05. The highest BCUT2D eigenvalue weighted by Gasteiger charge is 2.37. The molecule has 0 amide bonds. The van der Waals surface area contributed by atoms with E-state index in [-0.39, 0.29) is 5.54 Å². The maximum Gasteiger partial charge on any atom is 0.0850 e. The van der Waals surface area contributed by atoms with Crippen molar-refractivity contribution in [1.82, 2.24) is 14.7 Å². The number of aliphatic hydroxyl groups excluding tert-OH is 1. The van der Waals surface area contributed by atoms with Gasteiger partial charge >= 0.3 is 0 Å². The maximum atomic E-state index is 10.8. The summed E-state index contributed by atoms with van der Waals surface area (Å²) in [5.41, 5.74) is 1.60. The van der Waals surface area contributed by atoms with Crippen molar-refractivity contribution in [2.24, 2.45) is 7.05 Å². The van der Waals surface area contributed by atoms with E-state index in [1.165, 1.54) is 0 Å². The first-order valence-electron chi connectivity index (χ1n) is 7.39. The van der Waals surface area contributed by atoms with Crippen LogP contribution in [0, 0.1) is 0 Å². The number of hydrogen-bond donors (Lipinski definition) is 1. The van der Waals surface area contributed by atoms with Crippen molar-refractivity contribution in [3.63, 3.8) is 0 Å². The van der Waals surface area contributed by atoms with E-state index in [1.807, 2.05) is 28.1 Å². The van der Waals surface area contributed by atoms with E-state index < -0.39 is 6.10 Å². The molecule has 0 spiro atoms. The second-order valence-electron chi connectivity index (χ2n) is 5.61. The molecule has 1 heterocycles. The van der Waals surface area contributed by atoms with Crippen molar-refractivity contribution in [3.05, 3.63) is 16.4 Å². The monoisotopic (exact) mass is 301 g/mol. The van der Waals surface area contributed by atoms with E-state index in [4.69, 9.17) is 11.6 Å². The average Bonchev–Trinajstić information content (AvgIpc) is 2.68. The Hall–Kier alpha value is -0.580. The molecule has 1 unspecified atom stereocenters. The molecule has 4 nitrogen and oxygen atoms in total. The first kappa shape index (κ1) is 17.5. The third-order valence-corrected chi connectivity index (χ3v) is 5.06. The molecule has 116 valence electrons. The van der Waals surface area contributed by atoms with Gasteiger partial charge in [0.05, 0.1) is 22.5 Å². The number of aliphatic hydroxyl groups is 1. The van der Waals surface area contributed by atoms with Gasteiger partial charge in [0.1, 0.15) is 0 Å². The van der Waals surface area contributed by atoms with Gasteiger partial charge in [0, 0.05) is 19.0 Å². The average molecular weight is 302 g/mol. The Morgan fingerprint density at radius 2 is 1.85 bits per heavy atom. The molecule has 0 aliphatic carbocycles. The highest BCUT2D eigenvalue weighted by atomic mass is 35.5. The molecule has 1 rings (SSSR count). The number of aryl methyl sites for hydroxylation is 2. The number of halogens is 1. The second kappa shape index (κ2) is 6.92. The van der Waals surface area contributed by atoms with E-state index >= 15 is 0 Å². The Morgan fingerprint density at radius 3 is 2.20 bits per heavy atom. The van der Waals surface area contributed by atoms with Gasteiger partial charge in [-0.2, -0.15) is 5.10 Å². The molecular formula is C15H28ClN3O. The summed E-state index contributed by atoms with van der Waals surface area (Å²) in [4.78, 5) is 2.13. The van der Waals surface area contributed by atoms with Crippen LogP contribution in [0.15, 0.2) is 0 Å². The minimum absolute atomic E-state index is 0.222. The van der Waals surface area contributed by atoms with E-state index in [0.717, 1.165) is 30.7 Å². The molecule has 0 aliphatic rings. The van der Waals surface area contributed by atoms with Gasteiger partial charge in [-0.25, -0.2) is 0 Å². The quantitative estimate of drug-likeness (QED) is 0.842. The van der Waals surface area contributed by atoms with Gasteiger partial charge in [0.25, 0.3) is 0 Å². The minimum atomic E-state index is -0.467. The molecule has 0 aliphatic heterocycles. The molecule has 5 heteroatoms. The van der Waals surface area contributed by atoms with Gasteiger partial charge in [0.15, 0.2) is 0 Å². The van der Waals surface area contributed by atoms with E-state index in [9.17, 15) is 5.11 Å². The van der Waals surface area contributed by atoms with Gasteiger partial charge in [0.2, 0.25) is 0 Å². The summed E-state index contributed by atoms with van der Waals surface area (Å²) in [5, 5.41) is 15.9. The molecule has 0 fully saturated rings. The van der Waals surface area contributed by atoms with Crippen LogP contribution in [0.25, 0.3) is 0 Å². The van der Waals surface area contributed by atoms with Gasteiger partial charge in [-0.15, -0.1) is 0 Å². The third kappa shape index (κ3) is 3.02. The Labute approximate surface area is 127 Å². The lowest BCUT2D eigenvalue weighted by Crippen LogP contribution is -2.53. The highest BCUT2D eigenvalue weighted by Crippen LogP contribution is 2.30. The summed E-state index contributed by atoms with van der Waals surface area (Å²) < 4.78 is 1.80. The zero-order chi connectivity index (χ0) is 15.5. The van der Waals surface area contributed by atoms with Crippen LogP contribution in [-0.4, -0.2) is 45.5 Å². The summed E-state index contributed by atoms with van der Waals surface area (Å²) in [7, 11) is 5.94. The molecule has 0 saturated heterocycles. The van der Waals surface area contributed by atoms with Crippen molar-refractivity contribution in [1.29, 1.82) is 0 Å². The number of rotatable bonds is 7. The smallest absolute Gasteiger partial charge is 0.0850 e.